The van der Waals surface area contributed by atoms with Crippen LogP contribution in [0.25, 0.3) is 0 Å². The van der Waals surface area contributed by atoms with Crippen LogP contribution < -0.4 is 0 Å². The molecule has 24 heavy (non-hydrogen) atoms. The van der Waals surface area contributed by atoms with Crippen molar-refractivity contribution in [1.29, 1.82) is 0 Å². The third kappa shape index (κ3) is 2.59. The number of carbonyl (C=O) groups excluding carboxylic acids is 3. The highest BCUT2D eigenvalue weighted by molar-refractivity contribution is 5.86. The van der Waals surface area contributed by atoms with E-state index in [0.717, 1.165) is 32.1 Å². The largest absolute Gasteiger partial charge is 0.300 e. The molecule has 3 aliphatic carbocycles. The summed E-state index contributed by atoms with van der Waals surface area (Å²) in [5.41, 5.74) is -0.195. The Morgan fingerprint density at radius 2 is 1.75 bits per heavy atom. The van der Waals surface area contributed by atoms with Gasteiger partial charge in [0, 0.05) is 24.2 Å². The van der Waals surface area contributed by atoms with Crippen molar-refractivity contribution < 1.29 is 14.4 Å². The van der Waals surface area contributed by atoms with Crippen LogP contribution in [0.4, 0.5) is 0 Å². The van der Waals surface area contributed by atoms with Gasteiger partial charge in [0.2, 0.25) is 0 Å². The minimum atomic E-state index is -0.329. The van der Waals surface area contributed by atoms with Gasteiger partial charge >= 0.3 is 0 Å². The van der Waals surface area contributed by atoms with E-state index in [2.05, 4.69) is 13.8 Å². The zero-order valence-corrected chi connectivity index (χ0v) is 15.7. The van der Waals surface area contributed by atoms with Gasteiger partial charge in [-0.15, -0.1) is 0 Å². The molecule has 0 aromatic rings. The van der Waals surface area contributed by atoms with E-state index in [-0.39, 0.29) is 22.5 Å². The van der Waals surface area contributed by atoms with Crippen molar-refractivity contribution in [2.24, 2.45) is 34.5 Å². The van der Waals surface area contributed by atoms with Gasteiger partial charge in [0.1, 0.15) is 17.3 Å². The minimum absolute atomic E-state index is 0.134. The van der Waals surface area contributed by atoms with Crippen molar-refractivity contribution in [2.45, 2.75) is 79.1 Å². The molecule has 0 radical (unpaired) electrons. The van der Waals surface area contributed by atoms with Gasteiger partial charge in [0.15, 0.2) is 0 Å². The Kier molecular flexibility index (Phi) is 4.51. The summed E-state index contributed by atoms with van der Waals surface area (Å²) in [7, 11) is 0. The number of hydrogen-bond donors (Lipinski definition) is 0. The highest BCUT2D eigenvalue weighted by Gasteiger charge is 2.60. The van der Waals surface area contributed by atoms with E-state index < -0.39 is 0 Å². The van der Waals surface area contributed by atoms with Gasteiger partial charge in [-0.25, -0.2) is 0 Å². The Labute approximate surface area is 146 Å². The topological polar surface area (TPSA) is 51.2 Å². The molecular formula is C21H32O3. The molecule has 0 aliphatic heterocycles. The maximum atomic E-state index is 12.8. The smallest absolute Gasteiger partial charge is 0.139 e. The third-order valence-corrected chi connectivity index (χ3v) is 8.08. The van der Waals surface area contributed by atoms with E-state index in [1.165, 1.54) is 0 Å². The summed E-state index contributed by atoms with van der Waals surface area (Å²) in [6.07, 6.45) is 7.15. The Hall–Kier alpha value is -0.990. The second-order valence-electron chi connectivity index (χ2n) is 9.24. The second-order valence-corrected chi connectivity index (χ2v) is 9.24. The Balaban J connectivity index is 1.87. The molecule has 3 saturated carbocycles. The summed E-state index contributed by atoms with van der Waals surface area (Å²) in [6, 6.07) is 0. The number of carbonyl (C=O) groups is 3. The predicted molar refractivity (Wildman–Crippen MR) is 93.5 cm³/mol. The van der Waals surface area contributed by atoms with Crippen LogP contribution in [-0.4, -0.2) is 17.3 Å². The van der Waals surface area contributed by atoms with Crippen molar-refractivity contribution in [3.8, 4) is 0 Å². The maximum absolute atomic E-state index is 12.8. The molecule has 0 saturated heterocycles. The fourth-order valence-electron chi connectivity index (χ4n) is 6.70. The molecule has 0 spiro atoms. The van der Waals surface area contributed by atoms with Crippen LogP contribution in [0.3, 0.4) is 0 Å². The lowest BCUT2D eigenvalue weighted by Gasteiger charge is -2.55. The van der Waals surface area contributed by atoms with Gasteiger partial charge < -0.3 is 4.79 Å². The van der Waals surface area contributed by atoms with E-state index in [0.29, 0.717) is 48.6 Å². The predicted octanol–water partition coefficient (Wildman–Crippen LogP) is 4.37. The fraction of sp³-hybridized carbons (Fsp3) is 0.857. The highest BCUT2D eigenvalue weighted by atomic mass is 16.1. The van der Waals surface area contributed by atoms with Gasteiger partial charge in [0.05, 0.1) is 0 Å². The first-order valence-corrected chi connectivity index (χ1v) is 9.73. The first-order chi connectivity index (χ1) is 11.2. The number of hydrogen-bond acceptors (Lipinski definition) is 3. The van der Waals surface area contributed by atoms with E-state index >= 15 is 0 Å². The summed E-state index contributed by atoms with van der Waals surface area (Å²) in [5, 5.41) is 0. The van der Waals surface area contributed by atoms with E-state index in [9.17, 15) is 14.4 Å². The molecule has 0 unspecified atom stereocenters. The summed E-state index contributed by atoms with van der Waals surface area (Å²) in [5.74, 6) is 2.66. The lowest BCUT2D eigenvalue weighted by Crippen LogP contribution is -2.52. The molecule has 0 heterocycles. The molecule has 134 valence electrons. The highest BCUT2D eigenvalue weighted by Crippen LogP contribution is 2.64. The van der Waals surface area contributed by atoms with Gasteiger partial charge in [0.25, 0.3) is 0 Å². The van der Waals surface area contributed by atoms with Crippen LogP contribution in [0, 0.1) is 34.5 Å². The fourth-order valence-corrected chi connectivity index (χ4v) is 6.70. The second kappa shape index (κ2) is 6.07. The number of ketones is 3. The molecule has 3 nitrogen and oxygen atoms in total. The molecule has 3 heteroatoms. The molecule has 0 bridgehead atoms. The van der Waals surface area contributed by atoms with Crippen molar-refractivity contribution in [3.05, 3.63) is 0 Å². The van der Waals surface area contributed by atoms with Gasteiger partial charge in [-0.2, -0.15) is 0 Å². The summed E-state index contributed by atoms with van der Waals surface area (Å²) >= 11 is 0. The van der Waals surface area contributed by atoms with Crippen molar-refractivity contribution in [1.82, 2.24) is 0 Å². The maximum Gasteiger partial charge on any atom is 0.139 e. The lowest BCUT2D eigenvalue weighted by atomic mass is 9.48. The first-order valence-electron chi connectivity index (χ1n) is 9.73. The van der Waals surface area contributed by atoms with Crippen LogP contribution in [0.15, 0.2) is 0 Å². The quantitative estimate of drug-likeness (QED) is 0.768. The molecule has 0 aromatic heterocycles. The van der Waals surface area contributed by atoms with E-state index in [1.54, 1.807) is 13.8 Å². The van der Waals surface area contributed by atoms with Crippen LogP contribution in [0.2, 0.25) is 0 Å². The van der Waals surface area contributed by atoms with Crippen molar-refractivity contribution in [2.75, 3.05) is 0 Å². The first kappa shape index (κ1) is 17.8. The monoisotopic (exact) mass is 332 g/mol. The molecule has 0 N–H and O–H groups in total. The Morgan fingerprint density at radius 3 is 2.38 bits per heavy atom. The molecule has 6 atom stereocenters. The van der Waals surface area contributed by atoms with Crippen molar-refractivity contribution >= 4 is 17.3 Å². The van der Waals surface area contributed by atoms with Gasteiger partial charge in [-0.3, -0.25) is 9.59 Å². The third-order valence-electron chi connectivity index (χ3n) is 8.08. The van der Waals surface area contributed by atoms with E-state index in [4.69, 9.17) is 0 Å². The molecular weight excluding hydrogens is 300 g/mol. The minimum Gasteiger partial charge on any atom is -0.300 e. The van der Waals surface area contributed by atoms with Crippen LogP contribution in [-0.2, 0) is 14.4 Å². The Bertz CT molecular complexity index is 565. The number of Topliss-reactive ketones (excluding diaryl/α,β-unsaturated/α-hetero) is 3. The lowest BCUT2D eigenvalue weighted by molar-refractivity contribution is -0.148. The normalized spacial score (nSPS) is 44.8. The average molecular weight is 332 g/mol. The van der Waals surface area contributed by atoms with Crippen LogP contribution in [0.1, 0.15) is 79.1 Å². The zero-order valence-electron chi connectivity index (χ0n) is 15.7. The summed E-state index contributed by atoms with van der Waals surface area (Å²) in [4.78, 5) is 36.4. The molecule has 0 amide bonds. The molecule has 3 aliphatic rings. The standard InChI is InChI=1S/C21H32O3/c1-13(22)9-11-21(4)18-10-12-20(3)16(14(2)23)6-7-17(20)15(18)5-8-19(21)24/h15-18H,5-12H2,1-4H3/t15-,16+,17-,18-,20+,21+/m0/s1. The zero-order chi connectivity index (χ0) is 17.7. The van der Waals surface area contributed by atoms with Crippen molar-refractivity contribution in [3.63, 3.8) is 0 Å². The SMILES string of the molecule is CC(=O)CC[C@@]1(C)C(=O)CC[C@H]2[C@@H]3CC[C@H](C(C)=O)[C@@]3(C)CC[C@@H]21. The van der Waals surface area contributed by atoms with Crippen LogP contribution in [0.5, 0.6) is 0 Å². The van der Waals surface area contributed by atoms with E-state index in [1.807, 2.05) is 0 Å². The van der Waals surface area contributed by atoms with Gasteiger partial charge in [-0.05, 0) is 75.5 Å². The average Bonchev–Trinajstić information content (AvgIpc) is 2.86. The molecule has 3 rings (SSSR count). The summed E-state index contributed by atoms with van der Waals surface area (Å²) in [6.45, 7) is 7.83. The van der Waals surface area contributed by atoms with Gasteiger partial charge in [-0.1, -0.05) is 13.8 Å². The summed E-state index contributed by atoms with van der Waals surface area (Å²) < 4.78 is 0. The number of fused-ring (bicyclic) bond motifs is 3. The number of rotatable bonds is 4. The Morgan fingerprint density at radius 1 is 1.04 bits per heavy atom. The molecule has 3 fully saturated rings. The molecule has 0 aromatic carbocycles. The van der Waals surface area contributed by atoms with Crippen LogP contribution >= 0.6 is 0 Å².